The number of carbonyl (C=O) groups is 1. The van der Waals surface area contributed by atoms with Crippen LogP contribution in [0.15, 0.2) is 50.9 Å². The van der Waals surface area contributed by atoms with Crippen molar-refractivity contribution in [2.24, 2.45) is 0 Å². The standard InChI is InChI=1S/C19H14Br2ClNO3/c1-2-25-19(24)14(10-23)7-13-8-16(20)18(17(21)9-13)26-11-12-3-5-15(22)6-4-12/h3-9H,2,11H2,1H3/b14-7-. The van der Waals surface area contributed by atoms with Gasteiger partial charge >= 0.3 is 5.97 Å². The van der Waals surface area contributed by atoms with Gasteiger partial charge in [0.25, 0.3) is 0 Å². The number of hydrogen-bond donors (Lipinski definition) is 0. The first-order valence-electron chi connectivity index (χ1n) is 7.59. The van der Waals surface area contributed by atoms with E-state index in [0.29, 0.717) is 31.9 Å². The molecule has 0 N–H and O–H groups in total. The minimum absolute atomic E-state index is 0.0690. The molecular formula is C19H14Br2ClNO3. The van der Waals surface area contributed by atoms with Gasteiger partial charge in [0.2, 0.25) is 0 Å². The third-order valence-corrected chi connectivity index (χ3v) is 4.67. The first kappa shape index (κ1) is 20.5. The largest absolute Gasteiger partial charge is 0.487 e. The molecule has 0 aliphatic rings. The average Bonchev–Trinajstić information content (AvgIpc) is 2.60. The van der Waals surface area contributed by atoms with Gasteiger partial charge in [-0.15, -0.1) is 0 Å². The molecule has 0 aromatic heterocycles. The molecule has 0 aliphatic heterocycles. The number of halogens is 3. The van der Waals surface area contributed by atoms with Crippen molar-refractivity contribution < 1.29 is 14.3 Å². The third-order valence-electron chi connectivity index (χ3n) is 3.24. The Balaban J connectivity index is 2.20. The second kappa shape index (κ2) is 9.77. The van der Waals surface area contributed by atoms with Gasteiger partial charge in [-0.1, -0.05) is 23.7 Å². The van der Waals surface area contributed by atoms with Crippen molar-refractivity contribution in [3.63, 3.8) is 0 Å². The number of esters is 1. The van der Waals surface area contributed by atoms with Crippen molar-refractivity contribution in [1.29, 1.82) is 5.26 Å². The number of benzene rings is 2. The van der Waals surface area contributed by atoms with E-state index < -0.39 is 5.97 Å². The molecule has 26 heavy (non-hydrogen) atoms. The van der Waals surface area contributed by atoms with Crippen molar-refractivity contribution in [2.75, 3.05) is 6.61 Å². The highest BCUT2D eigenvalue weighted by molar-refractivity contribution is 9.11. The van der Waals surface area contributed by atoms with E-state index in [2.05, 4.69) is 31.9 Å². The summed E-state index contributed by atoms with van der Waals surface area (Å²) in [7, 11) is 0. The Kier molecular flexibility index (Phi) is 7.70. The Hall–Kier alpha value is -1.81. The van der Waals surface area contributed by atoms with Crippen LogP contribution in [0.4, 0.5) is 0 Å². The summed E-state index contributed by atoms with van der Waals surface area (Å²) in [6.07, 6.45) is 1.47. The predicted octanol–water partition coefficient (Wildman–Crippen LogP) is 5.91. The highest BCUT2D eigenvalue weighted by atomic mass is 79.9. The molecule has 0 saturated heterocycles. The second-order valence-corrected chi connectivity index (χ2v) is 7.26. The topological polar surface area (TPSA) is 59.3 Å². The fourth-order valence-corrected chi connectivity index (χ4v) is 3.63. The fourth-order valence-electron chi connectivity index (χ4n) is 2.05. The molecule has 0 fully saturated rings. The van der Waals surface area contributed by atoms with Crippen molar-refractivity contribution >= 4 is 55.5 Å². The van der Waals surface area contributed by atoms with Crippen LogP contribution in [0, 0.1) is 11.3 Å². The molecule has 0 saturated carbocycles. The van der Waals surface area contributed by atoms with E-state index in [1.165, 1.54) is 6.08 Å². The SMILES string of the molecule is CCOC(=O)/C(C#N)=C\c1cc(Br)c(OCc2ccc(Cl)cc2)c(Br)c1. The quantitative estimate of drug-likeness (QED) is 0.282. The zero-order chi connectivity index (χ0) is 19.1. The van der Waals surface area contributed by atoms with Gasteiger partial charge in [0.05, 0.1) is 15.6 Å². The first-order chi connectivity index (χ1) is 12.4. The molecule has 2 rings (SSSR count). The Labute approximate surface area is 173 Å². The van der Waals surface area contributed by atoms with Crippen molar-refractivity contribution in [3.8, 4) is 11.8 Å². The molecule has 0 atom stereocenters. The molecule has 7 heteroatoms. The van der Waals surface area contributed by atoms with Crippen LogP contribution in [0.25, 0.3) is 6.08 Å². The lowest BCUT2D eigenvalue weighted by Crippen LogP contribution is -2.06. The van der Waals surface area contributed by atoms with Gasteiger partial charge in [-0.2, -0.15) is 5.26 Å². The maximum atomic E-state index is 11.7. The summed E-state index contributed by atoms with van der Waals surface area (Å²) < 4.78 is 12.1. The Morgan fingerprint density at radius 1 is 1.23 bits per heavy atom. The number of rotatable bonds is 6. The van der Waals surface area contributed by atoms with Gasteiger partial charge in [0.15, 0.2) is 0 Å². The molecule has 0 heterocycles. The summed E-state index contributed by atoms with van der Waals surface area (Å²) in [6.45, 7) is 2.27. The van der Waals surface area contributed by atoms with Gasteiger partial charge in [0, 0.05) is 5.02 Å². The number of hydrogen-bond acceptors (Lipinski definition) is 4. The van der Waals surface area contributed by atoms with Gasteiger partial charge in [-0.05, 0) is 80.3 Å². The smallest absolute Gasteiger partial charge is 0.348 e. The average molecular weight is 500 g/mol. The van der Waals surface area contributed by atoms with Gasteiger partial charge in [-0.25, -0.2) is 4.79 Å². The highest BCUT2D eigenvalue weighted by Crippen LogP contribution is 2.36. The van der Waals surface area contributed by atoms with Crippen LogP contribution in [-0.4, -0.2) is 12.6 Å². The zero-order valence-electron chi connectivity index (χ0n) is 13.8. The Morgan fingerprint density at radius 3 is 2.38 bits per heavy atom. The molecule has 0 aliphatic carbocycles. The number of nitriles is 1. The molecule has 4 nitrogen and oxygen atoms in total. The monoisotopic (exact) mass is 497 g/mol. The molecule has 0 unspecified atom stereocenters. The van der Waals surface area contributed by atoms with Crippen LogP contribution >= 0.6 is 43.5 Å². The third kappa shape index (κ3) is 5.60. The number of nitrogens with zero attached hydrogens (tertiary/aromatic N) is 1. The normalized spacial score (nSPS) is 11.0. The van der Waals surface area contributed by atoms with Crippen LogP contribution in [0.3, 0.4) is 0 Å². The number of carbonyl (C=O) groups excluding carboxylic acids is 1. The van der Waals surface area contributed by atoms with E-state index in [1.54, 1.807) is 31.2 Å². The maximum Gasteiger partial charge on any atom is 0.348 e. The fraction of sp³-hybridized carbons (Fsp3) is 0.158. The summed E-state index contributed by atoms with van der Waals surface area (Å²) in [6, 6.07) is 12.8. The Bertz CT molecular complexity index is 850. The van der Waals surface area contributed by atoms with Gasteiger partial charge < -0.3 is 9.47 Å². The minimum Gasteiger partial charge on any atom is -0.487 e. The molecule has 0 radical (unpaired) electrons. The first-order valence-corrected chi connectivity index (χ1v) is 9.56. The van der Waals surface area contributed by atoms with Crippen LogP contribution in [-0.2, 0) is 16.1 Å². The van der Waals surface area contributed by atoms with Crippen LogP contribution < -0.4 is 4.74 Å². The summed E-state index contributed by atoms with van der Waals surface area (Å²) >= 11 is 12.8. The van der Waals surface area contributed by atoms with Gasteiger partial charge in [-0.3, -0.25) is 0 Å². The molecule has 0 spiro atoms. The molecule has 0 amide bonds. The van der Waals surface area contributed by atoms with E-state index in [1.807, 2.05) is 18.2 Å². The lowest BCUT2D eigenvalue weighted by atomic mass is 10.1. The van der Waals surface area contributed by atoms with E-state index in [-0.39, 0.29) is 12.2 Å². The molecule has 2 aromatic rings. The highest BCUT2D eigenvalue weighted by Gasteiger charge is 2.13. The summed E-state index contributed by atoms with van der Waals surface area (Å²) in [5.74, 6) is -0.0305. The zero-order valence-corrected chi connectivity index (χ0v) is 17.7. The summed E-state index contributed by atoms with van der Waals surface area (Å²) in [5, 5.41) is 9.80. The van der Waals surface area contributed by atoms with Crippen molar-refractivity contribution in [3.05, 3.63) is 67.1 Å². The van der Waals surface area contributed by atoms with E-state index >= 15 is 0 Å². The Morgan fingerprint density at radius 2 is 1.85 bits per heavy atom. The van der Waals surface area contributed by atoms with Crippen molar-refractivity contribution in [2.45, 2.75) is 13.5 Å². The van der Waals surface area contributed by atoms with Crippen LogP contribution in [0.2, 0.25) is 5.02 Å². The van der Waals surface area contributed by atoms with E-state index in [0.717, 1.165) is 5.56 Å². The summed E-state index contributed by atoms with van der Waals surface area (Å²) in [5.41, 5.74) is 1.57. The lowest BCUT2D eigenvalue weighted by molar-refractivity contribution is -0.137. The molecule has 0 bridgehead atoms. The predicted molar refractivity (Wildman–Crippen MR) is 108 cm³/mol. The molecule has 134 valence electrons. The maximum absolute atomic E-state index is 11.7. The minimum atomic E-state index is -0.648. The van der Waals surface area contributed by atoms with Gasteiger partial charge in [0.1, 0.15) is 24.0 Å². The summed E-state index contributed by atoms with van der Waals surface area (Å²) in [4.78, 5) is 11.7. The molecule has 2 aromatic carbocycles. The lowest BCUT2D eigenvalue weighted by Gasteiger charge is -2.12. The van der Waals surface area contributed by atoms with Crippen LogP contribution in [0.1, 0.15) is 18.1 Å². The van der Waals surface area contributed by atoms with Crippen molar-refractivity contribution in [1.82, 2.24) is 0 Å². The second-order valence-electron chi connectivity index (χ2n) is 5.12. The van der Waals surface area contributed by atoms with E-state index in [4.69, 9.17) is 26.3 Å². The van der Waals surface area contributed by atoms with Crippen LogP contribution in [0.5, 0.6) is 5.75 Å². The molecular weight excluding hydrogens is 485 g/mol. The van der Waals surface area contributed by atoms with E-state index in [9.17, 15) is 4.79 Å². The number of ether oxygens (including phenoxy) is 2.